The van der Waals surface area contributed by atoms with Crippen molar-refractivity contribution in [3.63, 3.8) is 0 Å². The number of benzene rings is 9. The second-order valence-electron chi connectivity index (χ2n) is 12.7. The Bertz CT molecular complexity index is 2610. The maximum Gasteiger partial charge on any atom is -0.00199 e. The molecule has 0 heterocycles. The van der Waals surface area contributed by atoms with Crippen molar-refractivity contribution in [2.45, 2.75) is 12.8 Å². The van der Waals surface area contributed by atoms with Gasteiger partial charge in [-0.05, 0) is 117 Å². The minimum atomic E-state index is 1.15. The van der Waals surface area contributed by atoms with E-state index in [1.807, 2.05) is 0 Å². The lowest BCUT2D eigenvalue weighted by molar-refractivity contribution is 1.02. The third-order valence-corrected chi connectivity index (χ3v) is 10.3. The van der Waals surface area contributed by atoms with Gasteiger partial charge in [0.1, 0.15) is 0 Å². The van der Waals surface area contributed by atoms with Crippen LogP contribution in [0.4, 0.5) is 0 Å². The van der Waals surface area contributed by atoms with Crippen LogP contribution in [0, 0.1) is 0 Å². The Labute approximate surface area is 268 Å². The zero-order valence-corrected chi connectivity index (χ0v) is 25.4. The van der Waals surface area contributed by atoms with Gasteiger partial charge in [0.05, 0.1) is 0 Å². The van der Waals surface area contributed by atoms with Crippen molar-refractivity contribution in [3.05, 3.63) is 169 Å². The number of hydrogen-bond donors (Lipinski definition) is 0. The van der Waals surface area contributed by atoms with Crippen LogP contribution in [-0.4, -0.2) is 0 Å². The van der Waals surface area contributed by atoms with Crippen molar-refractivity contribution < 1.29 is 0 Å². The molecule has 0 saturated heterocycles. The third kappa shape index (κ3) is 3.68. The molecule has 0 amide bonds. The van der Waals surface area contributed by atoms with E-state index in [-0.39, 0.29) is 0 Å². The summed E-state index contributed by atoms with van der Waals surface area (Å²) in [6, 6.07) is 58.8. The van der Waals surface area contributed by atoms with Gasteiger partial charge >= 0.3 is 0 Å². The molecule has 0 aromatic heterocycles. The van der Waals surface area contributed by atoms with E-state index < -0.39 is 0 Å². The molecule has 0 bridgehead atoms. The van der Waals surface area contributed by atoms with Gasteiger partial charge < -0.3 is 0 Å². The van der Waals surface area contributed by atoms with Gasteiger partial charge in [-0.3, -0.25) is 0 Å². The minimum Gasteiger partial charge on any atom is -0.0616 e. The zero-order chi connectivity index (χ0) is 30.2. The molecule has 1 aliphatic rings. The summed E-state index contributed by atoms with van der Waals surface area (Å²) in [6.45, 7) is 0. The van der Waals surface area contributed by atoms with Crippen molar-refractivity contribution in [2.24, 2.45) is 0 Å². The maximum absolute atomic E-state index is 2.40. The predicted octanol–water partition coefficient (Wildman–Crippen LogP) is 12.6. The van der Waals surface area contributed by atoms with E-state index in [1.165, 1.54) is 98.4 Å². The van der Waals surface area contributed by atoms with E-state index in [4.69, 9.17) is 0 Å². The van der Waals surface area contributed by atoms with Gasteiger partial charge in [-0.25, -0.2) is 0 Å². The summed E-state index contributed by atoms with van der Waals surface area (Å²) in [7, 11) is 0. The molecule has 9 aromatic rings. The minimum absolute atomic E-state index is 1.15. The van der Waals surface area contributed by atoms with Crippen LogP contribution >= 0.6 is 0 Å². The summed E-state index contributed by atoms with van der Waals surface area (Å²) < 4.78 is 0. The lowest BCUT2D eigenvalue weighted by atomic mass is 9.83. The molecule has 0 unspecified atom stereocenters. The normalized spacial score (nSPS) is 12.6. The molecule has 0 saturated carbocycles. The average Bonchev–Trinajstić information content (AvgIpc) is 3.55. The molecule has 10 rings (SSSR count). The van der Waals surface area contributed by atoms with Gasteiger partial charge in [0.15, 0.2) is 0 Å². The van der Waals surface area contributed by atoms with Gasteiger partial charge in [0.25, 0.3) is 0 Å². The molecule has 46 heavy (non-hydrogen) atoms. The first-order valence-electron chi connectivity index (χ1n) is 16.3. The molecule has 0 atom stereocenters. The molecule has 0 nitrogen and oxygen atoms in total. The lowest BCUT2D eigenvalue weighted by Crippen LogP contribution is -1.92. The fraction of sp³-hybridized carbons (Fsp3) is 0.0435. The first-order chi connectivity index (χ1) is 22.8. The van der Waals surface area contributed by atoms with E-state index in [2.05, 4.69) is 158 Å². The first kappa shape index (κ1) is 25.6. The van der Waals surface area contributed by atoms with Crippen LogP contribution in [0.3, 0.4) is 0 Å². The van der Waals surface area contributed by atoms with Crippen LogP contribution in [0.5, 0.6) is 0 Å². The highest BCUT2D eigenvalue weighted by atomic mass is 14.2. The van der Waals surface area contributed by atoms with Crippen molar-refractivity contribution >= 4 is 53.9 Å². The van der Waals surface area contributed by atoms with Crippen LogP contribution in [0.15, 0.2) is 158 Å². The second kappa shape index (κ2) is 9.89. The van der Waals surface area contributed by atoms with Gasteiger partial charge in [-0.1, -0.05) is 152 Å². The molecule has 0 fully saturated rings. The SMILES string of the molecule is c1ccc2c(c1)cc(-c1c3ccccc3c(-c3ccc(-c4ccc5c6c(cccc46)CC5)cc3)c3ccccc13)c1ccccc12. The van der Waals surface area contributed by atoms with Crippen molar-refractivity contribution in [2.75, 3.05) is 0 Å². The van der Waals surface area contributed by atoms with Gasteiger partial charge in [0.2, 0.25) is 0 Å². The van der Waals surface area contributed by atoms with Crippen LogP contribution in [-0.2, 0) is 12.8 Å². The van der Waals surface area contributed by atoms with E-state index in [0.717, 1.165) is 12.8 Å². The third-order valence-electron chi connectivity index (χ3n) is 10.3. The Morgan fingerprint density at radius 1 is 0.304 bits per heavy atom. The van der Waals surface area contributed by atoms with E-state index in [9.17, 15) is 0 Å². The molecule has 214 valence electrons. The largest absolute Gasteiger partial charge is 0.0616 e. The highest BCUT2D eigenvalue weighted by Gasteiger charge is 2.20. The van der Waals surface area contributed by atoms with Crippen LogP contribution in [0.1, 0.15) is 11.1 Å². The highest BCUT2D eigenvalue weighted by molar-refractivity contribution is 6.25. The molecule has 0 radical (unpaired) electrons. The lowest BCUT2D eigenvalue weighted by Gasteiger charge is -2.20. The van der Waals surface area contributed by atoms with Crippen LogP contribution < -0.4 is 0 Å². The average molecular weight is 583 g/mol. The highest BCUT2D eigenvalue weighted by Crippen LogP contribution is 2.47. The van der Waals surface area contributed by atoms with Gasteiger partial charge in [-0.2, -0.15) is 0 Å². The molecule has 0 heteroatoms. The molecule has 1 aliphatic carbocycles. The molecular weight excluding hydrogens is 553 g/mol. The summed E-state index contributed by atoms with van der Waals surface area (Å²) in [4.78, 5) is 0. The second-order valence-corrected chi connectivity index (χ2v) is 12.7. The summed E-state index contributed by atoms with van der Waals surface area (Å²) >= 11 is 0. The Balaban J connectivity index is 1.22. The predicted molar refractivity (Wildman–Crippen MR) is 198 cm³/mol. The monoisotopic (exact) mass is 582 g/mol. The summed E-state index contributed by atoms with van der Waals surface area (Å²) in [5.41, 5.74) is 10.7. The van der Waals surface area contributed by atoms with Gasteiger partial charge in [0, 0.05) is 0 Å². The number of hydrogen-bond acceptors (Lipinski definition) is 0. The van der Waals surface area contributed by atoms with E-state index in [1.54, 1.807) is 0 Å². The molecule has 9 aromatic carbocycles. The standard InChI is InChI=1S/C46H30/c1-2-12-34-33(10-1)28-43(37-14-4-3-13-36(34)37)46-41-17-7-5-15-39(41)45(40-16-6-8-18-42(40)46)32-22-20-29(21-23-32)35-27-26-31-25-24-30-11-9-19-38(35)44(30)31/h1-23,26-28H,24-25H2. The quantitative estimate of drug-likeness (QED) is 0.144. The molecule has 0 N–H and O–H groups in total. The fourth-order valence-corrected chi connectivity index (χ4v) is 8.31. The Kier molecular flexibility index (Phi) is 5.50. The number of fused-ring (bicyclic) bond motifs is 5. The maximum atomic E-state index is 2.40. The summed E-state index contributed by atoms with van der Waals surface area (Å²) in [5, 5.41) is 13.1. The van der Waals surface area contributed by atoms with Crippen molar-refractivity contribution in [3.8, 4) is 33.4 Å². The van der Waals surface area contributed by atoms with E-state index >= 15 is 0 Å². The summed E-state index contributed by atoms with van der Waals surface area (Å²) in [6.07, 6.45) is 2.31. The zero-order valence-electron chi connectivity index (χ0n) is 25.4. The summed E-state index contributed by atoms with van der Waals surface area (Å²) in [5.74, 6) is 0. The van der Waals surface area contributed by atoms with E-state index in [0.29, 0.717) is 0 Å². The number of aryl methyl sites for hydroxylation is 2. The van der Waals surface area contributed by atoms with Crippen LogP contribution in [0.2, 0.25) is 0 Å². The van der Waals surface area contributed by atoms with Gasteiger partial charge in [-0.15, -0.1) is 0 Å². The Morgan fingerprint density at radius 3 is 1.52 bits per heavy atom. The fourth-order valence-electron chi connectivity index (χ4n) is 8.31. The Hall–Kier alpha value is -5.72. The topological polar surface area (TPSA) is 0 Å². The number of rotatable bonds is 3. The smallest absolute Gasteiger partial charge is 0.00199 e. The molecule has 0 spiro atoms. The van der Waals surface area contributed by atoms with Crippen LogP contribution in [0.25, 0.3) is 87.2 Å². The Morgan fingerprint density at radius 2 is 0.826 bits per heavy atom. The van der Waals surface area contributed by atoms with Crippen molar-refractivity contribution in [1.82, 2.24) is 0 Å². The first-order valence-corrected chi connectivity index (χ1v) is 16.3. The molecule has 0 aliphatic heterocycles. The van der Waals surface area contributed by atoms with Crippen molar-refractivity contribution in [1.29, 1.82) is 0 Å². The molecular formula is C46H30.